The molecule has 2 aromatic carbocycles. The Balaban J connectivity index is 2.43. The number of hydrogen-bond acceptors (Lipinski definition) is 3. The standard InChI is InChI=1S/C20H19ClO3/c1-13(22)20(14(2)23)17(16-10-6-7-11-18(16)21)12-19(24)15-8-4-3-5-9-15/h3-11,17,20H,12H2,1-2H3. The number of ketones is 3. The summed E-state index contributed by atoms with van der Waals surface area (Å²) >= 11 is 6.27. The third kappa shape index (κ3) is 4.18. The lowest BCUT2D eigenvalue weighted by Crippen LogP contribution is -2.29. The molecule has 0 amide bonds. The molecule has 0 saturated carbocycles. The van der Waals surface area contributed by atoms with E-state index >= 15 is 0 Å². The van der Waals surface area contributed by atoms with Crippen LogP contribution in [0.5, 0.6) is 0 Å². The van der Waals surface area contributed by atoms with Crippen molar-refractivity contribution in [2.45, 2.75) is 26.2 Å². The quantitative estimate of drug-likeness (QED) is 0.550. The second kappa shape index (κ2) is 8.02. The van der Waals surface area contributed by atoms with Crippen LogP contribution in [0.25, 0.3) is 0 Å². The largest absolute Gasteiger partial charge is 0.299 e. The maximum Gasteiger partial charge on any atom is 0.163 e. The van der Waals surface area contributed by atoms with Crippen LogP contribution < -0.4 is 0 Å². The van der Waals surface area contributed by atoms with Gasteiger partial charge in [0.25, 0.3) is 0 Å². The third-order valence-electron chi connectivity index (χ3n) is 4.08. The Kier molecular flexibility index (Phi) is 6.04. The number of carbonyl (C=O) groups is 3. The lowest BCUT2D eigenvalue weighted by Gasteiger charge is -2.24. The van der Waals surface area contributed by atoms with Gasteiger partial charge in [0, 0.05) is 22.9 Å². The maximum atomic E-state index is 12.6. The monoisotopic (exact) mass is 342 g/mol. The average molecular weight is 343 g/mol. The summed E-state index contributed by atoms with van der Waals surface area (Å²) in [6.45, 7) is 2.76. The highest BCUT2D eigenvalue weighted by Gasteiger charge is 2.33. The number of carbonyl (C=O) groups excluding carboxylic acids is 3. The summed E-state index contributed by atoms with van der Waals surface area (Å²) in [5.74, 6) is -2.08. The van der Waals surface area contributed by atoms with Gasteiger partial charge in [-0.2, -0.15) is 0 Å². The molecule has 0 aromatic heterocycles. The molecule has 2 aromatic rings. The molecule has 0 N–H and O–H groups in total. The first-order chi connectivity index (χ1) is 11.4. The summed E-state index contributed by atoms with van der Waals surface area (Å²) in [5, 5.41) is 0.455. The van der Waals surface area contributed by atoms with Gasteiger partial charge in [-0.3, -0.25) is 14.4 Å². The topological polar surface area (TPSA) is 51.2 Å². The van der Waals surface area contributed by atoms with Crippen LogP contribution in [-0.2, 0) is 9.59 Å². The van der Waals surface area contributed by atoms with Crippen molar-refractivity contribution in [1.82, 2.24) is 0 Å². The van der Waals surface area contributed by atoms with Crippen molar-refractivity contribution < 1.29 is 14.4 Å². The molecule has 3 nitrogen and oxygen atoms in total. The van der Waals surface area contributed by atoms with Gasteiger partial charge in [0.05, 0.1) is 5.92 Å². The van der Waals surface area contributed by atoms with Gasteiger partial charge in [0.1, 0.15) is 11.6 Å². The minimum Gasteiger partial charge on any atom is -0.299 e. The molecule has 1 atom stereocenters. The number of rotatable bonds is 7. The Hall–Kier alpha value is -2.26. The number of halogens is 1. The summed E-state index contributed by atoms with van der Waals surface area (Å²) < 4.78 is 0. The normalized spacial score (nSPS) is 12.0. The molecule has 124 valence electrons. The Morgan fingerprint density at radius 2 is 1.42 bits per heavy atom. The Bertz CT molecular complexity index is 738. The zero-order valence-corrected chi connectivity index (χ0v) is 14.4. The first-order valence-electron chi connectivity index (χ1n) is 7.75. The molecular formula is C20H19ClO3. The summed E-state index contributed by atoms with van der Waals surface area (Å²) in [6.07, 6.45) is 0.0531. The van der Waals surface area contributed by atoms with Crippen molar-refractivity contribution in [2.24, 2.45) is 5.92 Å². The number of benzene rings is 2. The predicted octanol–water partition coefficient (Wildman–Crippen LogP) is 4.49. The van der Waals surface area contributed by atoms with Crippen LogP contribution in [0.1, 0.15) is 42.1 Å². The van der Waals surface area contributed by atoms with Crippen LogP contribution in [0, 0.1) is 5.92 Å². The van der Waals surface area contributed by atoms with Gasteiger partial charge in [-0.25, -0.2) is 0 Å². The van der Waals surface area contributed by atoms with Gasteiger partial charge in [-0.1, -0.05) is 60.1 Å². The molecule has 0 aliphatic carbocycles. The minimum atomic E-state index is -0.877. The third-order valence-corrected chi connectivity index (χ3v) is 4.43. The van der Waals surface area contributed by atoms with E-state index in [1.165, 1.54) is 13.8 Å². The molecule has 4 heteroatoms. The predicted molar refractivity (Wildman–Crippen MR) is 94.4 cm³/mol. The lowest BCUT2D eigenvalue weighted by atomic mass is 9.77. The van der Waals surface area contributed by atoms with E-state index in [1.54, 1.807) is 48.5 Å². The van der Waals surface area contributed by atoms with Gasteiger partial charge in [-0.05, 0) is 25.5 Å². The molecule has 0 bridgehead atoms. The number of hydrogen-bond donors (Lipinski definition) is 0. The van der Waals surface area contributed by atoms with Gasteiger partial charge < -0.3 is 0 Å². The fraction of sp³-hybridized carbons (Fsp3) is 0.250. The van der Waals surface area contributed by atoms with E-state index in [1.807, 2.05) is 6.07 Å². The first-order valence-corrected chi connectivity index (χ1v) is 8.13. The van der Waals surface area contributed by atoms with Crippen LogP contribution in [0.3, 0.4) is 0 Å². The molecular weight excluding hydrogens is 324 g/mol. The van der Waals surface area contributed by atoms with E-state index in [2.05, 4.69) is 0 Å². The van der Waals surface area contributed by atoms with E-state index in [4.69, 9.17) is 11.6 Å². The van der Waals surface area contributed by atoms with E-state index in [0.717, 1.165) is 0 Å². The van der Waals surface area contributed by atoms with Crippen molar-refractivity contribution in [1.29, 1.82) is 0 Å². The Morgan fingerprint density at radius 1 is 0.875 bits per heavy atom. The highest BCUT2D eigenvalue weighted by atomic mass is 35.5. The first kappa shape index (κ1) is 18.1. The summed E-state index contributed by atoms with van der Waals surface area (Å²) in [4.78, 5) is 36.7. The molecule has 0 saturated heterocycles. The SMILES string of the molecule is CC(=O)C(C(C)=O)C(CC(=O)c1ccccc1)c1ccccc1Cl. The zero-order valence-electron chi connectivity index (χ0n) is 13.7. The fourth-order valence-corrected chi connectivity index (χ4v) is 3.25. The van der Waals surface area contributed by atoms with Crippen LogP contribution in [0.2, 0.25) is 5.02 Å². The summed E-state index contributed by atoms with van der Waals surface area (Å²) in [5.41, 5.74) is 1.21. The molecule has 0 aliphatic rings. The van der Waals surface area contributed by atoms with Crippen LogP contribution in [-0.4, -0.2) is 17.3 Å². The van der Waals surface area contributed by atoms with Crippen molar-refractivity contribution in [2.75, 3.05) is 0 Å². The van der Waals surface area contributed by atoms with Crippen LogP contribution in [0.15, 0.2) is 54.6 Å². The smallest absolute Gasteiger partial charge is 0.163 e. The average Bonchev–Trinajstić information content (AvgIpc) is 2.54. The van der Waals surface area contributed by atoms with Gasteiger partial charge in [0.15, 0.2) is 5.78 Å². The lowest BCUT2D eigenvalue weighted by molar-refractivity contribution is -0.131. The molecule has 0 heterocycles. The molecule has 0 spiro atoms. The second-order valence-corrected chi connectivity index (χ2v) is 6.23. The fourth-order valence-electron chi connectivity index (χ4n) is 2.98. The molecule has 0 fully saturated rings. The number of Topliss-reactive ketones (excluding diaryl/α,β-unsaturated/α-hetero) is 3. The van der Waals surface area contributed by atoms with E-state index in [0.29, 0.717) is 16.1 Å². The highest BCUT2D eigenvalue weighted by molar-refractivity contribution is 6.31. The summed E-state index contributed by atoms with van der Waals surface area (Å²) in [7, 11) is 0. The molecule has 1 unspecified atom stereocenters. The van der Waals surface area contributed by atoms with Crippen LogP contribution in [0.4, 0.5) is 0 Å². The highest BCUT2D eigenvalue weighted by Crippen LogP contribution is 2.35. The molecule has 0 radical (unpaired) electrons. The van der Waals surface area contributed by atoms with Gasteiger partial charge >= 0.3 is 0 Å². The summed E-state index contributed by atoms with van der Waals surface area (Å²) in [6, 6.07) is 15.9. The second-order valence-electron chi connectivity index (χ2n) is 5.82. The Morgan fingerprint density at radius 3 is 1.96 bits per heavy atom. The van der Waals surface area contributed by atoms with Crippen molar-refractivity contribution in [3.05, 3.63) is 70.7 Å². The van der Waals surface area contributed by atoms with Gasteiger partial charge in [-0.15, -0.1) is 0 Å². The zero-order chi connectivity index (χ0) is 17.7. The molecule has 0 aliphatic heterocycles. The van der Waals surface area contributed by atoms with Crippen molar-refractivity contribution in [3.63, 3.8) is 0 Å². The molecule has 2 rings (SSSR count). The Labute approximate surface area is 146 Å². The maximum absolute atomic E-state index is 12.6. The van der Waals surface area contributed by atoms with E-state index < -0.39 is 11.8 Å². The van der Waals surface area contributed by atoms with Gasteiger partial charge in [0.2, 0.25) is 0 Å². The van der Waals surface area contributed by atoms with E-state index in [-0.39, 0.29) is 23.8 Å². The van der Waals surface area contributed by atoms with Crippen LogP contribution >= 0.6 is 11.6 Å². The van der Waals surface area contributed by atoms with Crippen molar-refractivity contribution >= 4 is 29.0 Å². The van der Waals surface area contributed by atoms with Crippen molar-refractivity contribution in [3.8, 4) is 0 Å². The minimum absolute atomic E-state index is 0.0531. The molecule has 24 heavy (non-hydrogen) atoms. The van der Waals surface area contributed by atoms with E-state index in [9.17, 15) is 14.4 Å².